The zero-order chi connectivity index (χ0) is 31.2. The van der Waals surface area contributed by atoms with Gasteiger partial charge in [-0.15, -0.1) is 0 Å². The van der Waals surface area contributed by atoms with Crippen molar-refractivity contribution in [1.82, 2.24) is 4.90 Å². The second kappa shape index (κ2) is 18.9. The molecular weight excluding hydrogens is 550 g/mol. The standard InChI is InChI=1S/C38H67NO5/c1-3-4-5-6-8-14-19-26-43-32(41)21-16-11-10-13-18-23-39(24-25-40)22-17-12-7-9-15-20-27-44-33(42)29-38-28-31-34-30(2)36(38)35(34)37(31)38/h30-31,34-37,40H,3-29H2,1-2H3. The van der Waals surface area contributed by atoms with Crippen LogP contribution in [0.4, 0.5) is 0 Å². The molecule has 0 spiro atoms. The number of ether oxygens (including phenoxy) is 2. The van der Waals surface area contributed by atoms with Gasteiger partial charge in [-0.3, -0.25) is 9.59 Å². The highest BCUT2D eigenvalue weighted by molar-refractivity contribution is 5.71. The van der Waals surface area contributed by atoms with Crippen molar-refractivity contribution >= 4 is 11.9 Å². The Kier molecular flexibility index (Phi) is 15.3. The fraction of sp³-hybridized carbons (Fsp3) is 0.947. The van der Waals surface area contributed by atoms with Gasteiger partial charge in [-0.2, -0.15) is 0 Å². The quantitative estimate of drug-likeness (QED) is 0.0672. The molecule has 0 amide bonds. The van der Waals surface area contributed by atoms with Gasteiger partial charge >= 0.3 is 11.9 Å². The highest BCUT2D eigenvalue weighted by Crippen LogP contribution is 2.92. The molecule has 0 aromatic carbocycles. The van der Waals surface area contributed by atoms with Crippen molar-refractivity contribution in [3.8, 4) is 0 Å². The lowest BCUT2D eigenvalue weighted by molar-refractivity contribution is -0.455. The van der Waals surface area contributed by atoms with E-state index < -0.39 is 0 Å². The zero-order valence-electron chi connectivity index (χ0n) is 28.6. The summed E-state index contributed by atoms with van der Waals surface area (Å²) < 4.78 is 11.0. The van der Waals surface area contributed by atoms with Crippen LogP contribution in [-0.4, -0.2) is 61.4 Å². The third-order valence-corrected chi connectivity index (χ3v) is 12.2. The fourth-order valence-corrected chi connectivity index (χ4v) is 10.1. The minimum atomic E-state index is -0.0271. The third kappa shape index (κ3) is 9.23. The van der Waals surface area contributed by atoms with Crippen LogP contribution in [0.25, 0.3) is 0 Å². The number of carbonyl (C=O) groups excluding carboxylic acids is 2. The van der Waals surface area contributed by atoms with Crippen LogP contribution >= 0.6 is 0 Å². The van der Waals surface area contributed by atoms with Gasteiger partial charge in [0.15, 0.2) is 0 Å². The van der Waals surface area contributed by atoms with Crippen molar-refractivity contribution in [2.75, 3.05) is 39.5 Å². The largest absolute Gasteiger partial charge is 0.466 e. The summed E-state index contributed by atoms with van der Waals surface area (Å²) in [6.45, 7) is 8.95. The number of rotatable bonds is 29. The van der Waals surface area contributed by atoms with Crippen LogP contribution in [0.2, 0.25) is 0 Å². The minimum absolute atomic E-state index is 0.0271. The minimum Gasteiger partial charge on any atom is -0.466 e. The molecule has 0 aromatic rings. The molecule has 0 radical (unpaired) electrons. The first-order valence-corrected chi connectivity index (χ1v) is 19.2. The molecule has 7 unspecified atom stereocenters. The molecule has 4 aliphatic carbocycles. The van der Waals surface area contributed by atoms with Gasteiger partial charge in [-0.25, -0.2) is 0 Å². The summed E-state index contributed by atoms with van der Waals surface area (Å²) in [5.41, 5.74) is 0.369. The average molecular weight is 618 g/mol. The van der Waals surface area contributed by atoms with Gasteiger partial charge < -0.3 is 19.5 Å². The van der Waals surface area contributed by atoms with Crippen LogP contribution in [0.5, 0.6) is 0 Å². The molecule has 1 N–H and O–H groups in total. The molecule has 0 bridgehead atoms. The summed E-state index contributed by atoms with van der Waals surface area (Å²) in [6, 6.07) is 0. The first-order chi connectivity index (χ1) is 21.5. The molecule has 6 nitrogen and oxygen atoms in total. The van der Waals surface area contributed by atoms with Crippen molar-refractivity contribution < 1.29 is 24.2 Å². The maximum absolute atomic E-state index is 12.5. The summed E-state index contributed by atoms with van der Waals surface area (Å²) in [6.07, 6.45) is 23.8. The van der Waals surface area contributed by atoms with Crippen molar-refractivity contribution in [1.29, 1.82) is 0 Å². The number of unbranched alkanes of at least 4 members (excludes halogenated alkanes) is 15. The Morgan fingerprint density at radius 1 is 0.682 bits per heavy atom. The smallest absolute Gasteiger partial charge is 0.306 e. The maximum atomic E-state index is 12.5. The predicted molar refractivity (Wildman–Crippen MR) is 177 cm³/mol. The topological polar surface area (TPSA) is 76.1 Å². The lowest BCUT2D eigenvalue weighted by Crippen LogP contribution is -2.89. The van der Waals surface area contributed by atoms with Crippen LogP contribution in [0.15, 0.2) is 0 Å². The number of esters is 2. The van der Waals surface area contributed by atoms with Crippen molar-refractivity contribution in [3.63, 3.8) is 0 Å². The van der Waals surface area contributed by atoms with Gasteiger partial charge in [-0.05, 0) is 92.5 Å². The first kappa shape index (κ1) is 35.7. The number of hydrogen-bond acceptors (Lipinski definition) is 6. The normalized spacial score (nSPS) is 28.8. The van der Waals surface area contributed by atoms with E-state index in [0.717, 1.165) is 100 Å². The lowest BCUT2D eigenvalue weighted by Gasteiger charge is -2.92. The summed E-state index contributed by atoms with van der Waals surface area (Å²) in [5.74, 6) is 5.65. The average Bonchev–Trinajstić information content (AvgIpc) is 3.00. The van der Waals surface area contributed by atoms with Crippen molar-refractivity contribution in [2.45, 2.75) is 149 Å². The zero-order valence-corrected chi connectivity index (χ0v) is 28.6. The highest BCUT2D eigenvalue weighted by Gasteiger charge is 2.88. The third-order valence-electron chi connectivity index (χ3n) is 12.2. The van der Waals surface area contributed by atoms with E-state index in [1.807, 2.05) is 0 Å². The van der Waals surface area contributed by atoms with E-state index in [9.17, 15) is 14.7 Å². The molecule has 4 aliphatic rings. The van der Waals surface area contributed by atoms with Gasteiger partial charge in [0.25, 0.3) is 0 Å². The van der Waals surface area contributed by atoms with Gasteiger partial charge in [0.2, 0.25) is 0 Å². The van der Waals surface area contributed by atoms with E-state index >= 15 is 0 Å². The summed E-state index contributed by atoms with van der Waals surface area (Å²) >= 11 is 0. The molecule has 4 fully saturated rings. The fourth-order valence-electron chi connectivity index (χ4n) is 10.1. The van der Waals surface area contributed by atoms with E-state index in [4.69, 9.17) is 9.47 Å². The van der Waals surface area contributed by atoms with Gasteiger partial charge in [0.05, 0.1) is 26.2 Å². The van der Waals surface area contributed by atoms with Crippen molar-refractivity contribution in [2.24, 2.45) is 40.9 Å². The van der Waals surface area contributed by atoms with Crippen LogP contribution in [-0.2, 0) is 19.1 Å². The van der Waals surface area contributed by atoms with Gasteiger partial charge in [0, 0.05) is 13.0 Å². The Morgan fingerprint density at radius 2 is 1.23 bits per heavy atom. The molecule has 0 aliphatic heterocycles. The molecule has 4 rings (SSSR count). The molecule has 0 saturated heterocycles. The Hall–Kier alpha value is -1.14. The molecule has 7 atom stereocenters. The lowest BCUT2D eigenvalue weighted by atomic mass is 9.11. The first-order valence-electron chi connectivity index (χ1n) is 19.2. The van der Waals surface area contributed by atoms with E-state index in [2.05, 4.69) is 18.7 Å². The second-order valence-corrected chi connectivity index (χ2v) is 15.1. The number of nitrogens with zero attached hydrogens (tertiary/aromatic N) is 1. The Morgan fingerprint density at radius 3 is 1.77 bits per heavy atom. The summed E-state index contributed by atoms with van der Waals surface area (Å²) in [4.78, 5) is 26.8. The van der Waals surface area contributed by atoms with E-state index in [1.54, 1.807) is 0 Å². The Labute approximate surface area is 269 Å². The van der Waals surface area contributed by atoms with Crippen LogP contribution in [0.3, 0.4) is 0 Å². The SMILES string of the molecule is CCCCCCCCCOC(=O)CCCCCCCN(CCO)CCCCCCCCOC(=O)CC12CC3C4C(C)C1C4C32. The molecule has 44 heavy (non-hydrogen) atoms. The van der Waals surface area contributed by atoms with Crippen LogP contribution in [0.1, 0.15) is 149 Å². The predicted octanol–water partition coefficient (Wildman–Crippen LogP) is 8.34. The second-order valence-electron chi connectivity index (χ2n) is 15.1. The molecule has 0 heterocycles. The van der Waals surface area contributed by atoms with Crippen molar-refractivity contribution in [3.05, 3.63) is 0 Å². The highest BCUT2D eigenvalue weighted by atomic mass is 16.5. The molecule has 4 saturated carbocycles. The van der Waals surface area contributed by atoms with Crippen LogP contribution in [0, 0.1) is 40.9 Å². The van der Waals surface area contributed by atoms with Gasteiger partial charge in [0.1, 0.15) is 0 Å². The summed E-state index contributed by atoms with van der Waals surface area (Å²) in [7, 11) is 0. The number of hydrogen-bond donors (Lipinski definition) is 1. The molecule has 254 valence electrons. The molecule has 0 aromatic heterocycles. The Bertz CT molecular complexity index is 836. The molecule has 6 heteroatoms. The number of aliphatic hydroxyl groups is 1. The number of fused-ring (bicyclic) bond motifs is 2. The van der Waals surface area contributed by atoms with Crippen LogP contribution < -0.4 is 0 Å². The van der Waals surface area contributed by atoms with E-state index in [0.29, 0.717) is 31.5 Å². The van der Waals surface area contributed by atoms with E-state index in [1.165, 1.54) is 77.0 Å². The van der Waals surface area contributed by atoms with E-state index in [-0.39, 0.29) is 18.5 Å². The summed E-state index contributed by atoms with van der Waals surface area (Å²) in [5, 5.41) is 9.47. The molecular formula is C38H67NO5. The Balaban J connectivity index is 0.877. The van der Waals surface area contributed by atoms with Gasteiger partial charge in [-0.1, -0.05) is 97.3 Å². The number of carbonyl (C=O) groups is 2. The maximum Gasteiger partial charge on any atom is 0.306 e. The monoisotopic (exact) mass is 618 g/mol. The number of aliphatic hydroxyl groups excluding tert-OH is 1.